The lowest BCUT2D eigenvalue weighted by atomic mass is 9.95. The number of carbonyl (C=O) groups excluding carboxylic acids is 1. The van der Waals surface area contributed by atoms with Crippen LogP contribution in [0, 0.1) is 0 Å². The number of nitrogens with two attached hydrogens (primary N) is 1. The first-order valence-corrected chi connectivity index (χ1v) is 8.88. The number of nitrogens with zero attached hydrogens (tertiary/aromatic N) is 1. The number of rotatable bonds is 3. The molecule has 2 N–H and O–H groups in total. The molecule has 1 saturated heterocycles. The minimum Gasteiger partial charge on any atom is -0.392 e. The Morgan fingerprint density at radius 2 is 2.00 bits per heavy atom. The molecular weight excluding hydrogens is 347 g/mol. The quantitative estimate of drug-likeness (QED) is 0.834. The van der Waals surface area contributed by atoms with Gasteiger partial charge in [0.25, 0.3) is 5.91 Å². The van der Waals surface area contributed by atoms with Gasteiger partial charge < -0.3 is 10.6 Å². The molecule has 1 fully saturated rings. The van der Waals surface area contributed by atoms with Crippen molar-refractivity contribution < 1.29 is 4.79 Å². The second kappa shape index (κ2) is 6.73. The Bertz CT molecular complexity index is 572. The van der Waals surface area contributed by atoms with Crippen LogP contribution in [0.3, 0.4) is 0 Å². The van der Waals surface area contributed by atoms with Crippen LogP contribution < -0.4 is 5.73 Å². The molecule has 0 saturated carbocycles. The summed E-state index contributed by atoms with van der Waals surface area (Å²) >= 11 is 18.9. The Balaban J connectivity index is 2.14. The molecule has 2 rings (SSSR count). The van der Waals surface area contributed by atoms with E-state index in [4.69, 9.17) is 41.2 Å². The Labute approximate surface area is 144 Å². The van der Waals surface area contributed by atoms with E-state index in [0.717, 1.165) is 12.8 Å². The minimum absolute atomic E-state index is 0.0971. The van der Waals surface area contributed by atoms with Crippen LogP contribution >= 0.6 is 47.2 Å². The summed E-state index contributed by atoms with van der Waals surface area (Å²) in [4.78, 5) is 14.9. The molecule has 1 amide bonds. The average molecular weight is 363 g/mol. The summed E-state index contributed by atoms with van der Waals surface area (Å²) < 4.78 is -0.204. The molecule has 21 heavy (non-hydrogen) atoms. The van der Waals surface area contributed by atoms with Crippen LogP contribution in [0.4, 0.5) is 0 Å². The molecular formula is C14H16Cl2N2OS2. The highest BCUT2D eigenvalue weighted by atomic mass is 35.5. The van der Waals surface area contributed by atoms with Gasteiger partial charge in [0.05, 0.1) is 25.3 Å². The molecule has 3 nitrogen and oxygen atoms in total. The predicted molar refractivity (Wildman–Crippen MR) is 94.6 cm³/mol. The van der Waals surface area contributed by atoms with E-state index in [1.165, 1.54) is 0 Å². The number of piperidine rings is 1. The number of hydrogen-bond acceptors (Lipinski definition) is 3. The number of hydrogen-bond donors (Lipinski definition) is 1. The summed E-state index contributed by atoms with van der Waals surface area (Å²) in [5.74, 6) is -0.0971. The molecule has 1 heterocycles. The molecule has 0 aliphatic carbocycles. The van der Waals surface area contributed by atoms with Crippen LogP contribution in [0.2, 0.25) is 10.0 Å². The molecule has 0 spiro atoms. The molecule has 1 aromatic carbocycles. The van der Waals surface area contributed by atoms with Crippen LogP contribution in [-0.2, 0) is 0 Å². The highest BCUT2D eigenvalue weighted by molar-refractivity contribution is 8.02. The Hall–Kier alpha value is -0.490. The van der Waals surface area contributed by atoms with Gasteiger partial charge in [0.2, 0.25) is 0 Å². The van der Waals surface area contributed by atoms with E-state index < -0.39 is 0 Å². The first-order valence-electron chi connectivity index (χ1n) is 6.49. The monoisotopic (exact) mass is 362 g/mol. The maximum atomic E-state index is 12.6. The topological polar surface area (TPSA) is 46.3 Å². The SMILES string of the molecule is CSC1(C(N)=S)CCN(C(=O)c2cccc(Cl)c2Cl)CC1. The van der Waals surface area contributed by atoms with Crippen molar-refractivity contribution in [2.45, 2.75) is 17.6 Å². The molecule has 1 aliphatic rings. The van der Waals surface area contributed by atoms with Crippen molar-refractivity contribution in [1.29, 1.82) is 0 Å². The van der Waals surface area contributed by atoms with Gasteiger partial charge in [-0.1, -0.05) is 41.5 Å². The first-order chi connectivity index (χ1) is 9.91. The third-order valence-corrected chi connectivity index (χ3v) is 6.63. The van der Waals surface area contributed by atoms with E-state index >= 15 is 0 Å². The number of likely N-dealkylation sites (tertiary alicyclic amines) is 1. The summed E-state index contributed by atoms with van der Waals surface area (Å²) in [6.07, 6.45) is 3.52. The lowest BCUT2D eigenvalue weighted by molar-refractivity contribution is 0.0719. The molecule has 7 heteroatoms. The van der Waals surface area contributed by atoms with E-state index in [-0.39, 0.29) is 10.7 Å². The van der Waals surface area contributed by atoms with E-state index in [0.29, 0.717) is 33.7 Å². The zero-order valence-corrected chi connectivity index (χ0v) is 14.7. The lowest BCUT2D eigenvalue weighted by Crippen LogP contribution is -2.50. The van der Waals surface area contributed by atoms with Crippen molar-refractivity contribution in [3.05, 3.63) is 33.8 Å². The number of benzene rings is 1. The van der Waals surface area contributed by atoms with Crippen LogP contribution in [0.15, 0.2) is 18.2 Å². The molecule has 114 valence electrons. The van der Waals surface area contributed by atoms with Gasteiger partial charge in [0.1, 0.15) is 0 Å². The number of thioether (sulfide) groups is 1. The van der Waals surface area contributed by atoms with Crippen molar-refractivity contribution in [1.82, 2.24) is 4.90 Å². The van der Waals surface area contributed by atoms with Crippen LogP contribution in [0.5, 0.6) is 0 Å². The number of carbonyl (C=O) groups is 1. The average Bonchev–Trinajstić information content (AvgIpc) is 2.49. The zero-order valence-electron chi connectivity index (χ0n) is 11.6. The molecule has 0 bridgehead atoms. The molecule has 0 aromatic heterocycles. The summed E-state index contributed by atoms with van der Waals surface area (Å²) in [5, 5.41) is 0.696. The Morgan fingerprint density at radius 3 is 2.52 bits per heavy atom. The summed E-state index contributed by atoms with van der Waals surface area (Å²) in [5.41, 5.74) is 6.30. The Kier molecular flexibility index (Phi) is 5.41. The van der Waals surface area contributed by atoms with Crippen LogP contribution in [0.25, 0.3) is 0 Å². The third kappa shape index (κ3) is 3.31. The van der Waals surface area contributed by atoms with Crippen molar-refractivity contribution in [3.63, 3.8) is 0 Å². The van der Waals surface area contributed by atoms with E-state index in [1.807, 2.05) is 6.26 Å². The molecule has 0 radical (unpaired) electrons. The normalized spacial score (nSPS) is 17.6. The van der Waals surface area contributed by atoms with Crippen LogP contribution in [0.1, 0.15) is 23.2 Å². The van der Waals surface area contributed by atoms with E-state index in [9.17, 15) is 4.79 Å². The van der Waals surface area contributed by atoms with E-state index in [2.05, 4.69) is 0 Å². The Morgan fingerprint density at radius 1 is 1.38 bits per heavy atom. The maximum Gasteiger partial charge on any atom is 0.255 e. The molecule has 1 aliphatic heterocycles. The number of halogens is 2. The van der Waals surface area contributed by atoms with Gasteiger partial charge >= 0.3 is 0 Å². The third-order valence-electron chi connectivity index (χ3n) is 3.88. The predicted octanol–water partition coefficient (Wildman–Crippen LogP) is 3.62. The molecule has 1 aromatic rings. The molecule has 0 atom stereocenters. The fourth-order valence-corrected chi connectivity index (χ4v) is 4.09. The number of thiocarbonyl (C=S) groups is 1. The minimum atomic E-state index is -0.204. The van der Waals surface area contributed by atoms with Gasteiger partial charge in [-0.2, -0.15) is 11.8 Å². The number of amides is 1. The summed E-state index contributed by atoms with van der Waals surface area (Å²) in [7, 11) is 0. The molecule has 0 unspecified atom stereocenters. The van der Waals surface area contributed by atoms with Crippen molar-refractivity contribution in [3.8, 4) is 0 Å². The lowest BCUT2D eigenvalue weighted by Gasteiger charge is -2.40. The van der Waals surface area contributed by atoms with Gasteiger partial charge in [-0.05, 0) is 31.2 Å². The summed E-state index contributed by atoms with van der Waals surface area (Å²) in [6, 6.07) is 5.09. The van der Waals surface area contributed by atoms with Crippen molar-refractivity contribution in [2.24, 2.45) is 5.73 Å². The highest BCUT2D eigenvalue weighted by Gasteiger charge is 2.38. The fourth-order valence-electron chi connectivity index (χ4n) is 2.46. The summed E-state index contributed by atoms with van der Waals surface area (Å²) in [6.45, 7) is 1.22. The van der Waals surface area contributed by atoms with Crippen molar-refractivity contribution in [2.75, 3.05) is 19.3 Å². The van der Waals surface area contributed by atoms with Gasteiger partial charge in [-0.25, -0.2) is 0 Å². The van der Waals surface area contributed by atoms with E-state index in [1.54, 1.807) is 34.9 Å². The highest BCUT2D eigenvalue weighted by Crippen LogP contribution is 2.36. The largest absolute Gasteiger partial charge is 0.392 e. The van der Waals surface area contributed by atoms with Gasteiger partial charge in [-0.15, -0.1) is 0 Å². The second-order valence-corrected chi connectivity index (χ2v) is 7.37. The zero-order chi connectivity index (χ0) is 15.6. The second-order valence-electron chi connectivity index (χ2n) is 4.96. The fraction of sp³-hybridized carbons (Fsp3) is 0.429. The smallest absolute Gasteiger partial charge is 0.255 e. The first kappa shape index (κ1) is 16.9. The van der Waals surface area contributed by atoms with Crippen LogP contribution in [-0.4, -0.2) is 39.9 Å². The van der Waals surface area contributed by atoms with Gasteiger partial charge in [0, 0.05) is 13.1 Å². The van der Waals surface area contributed by atoms with Gasteiger partial charge in [0.15, 0.2) is 0 Å². The maximum absolute atomic E-state index is 12.6. The van der Waals surface area contributed by atoms with Gasteiger partial charge in [-0.3, -0.25) is 4.79 Å². The van der Waals surface area contributed by atoms with Crippen molar-refractivity contribution >= 4 is 58.1 Å². The standard InChI is InChI=1S/C14H16Cl2N2OS2/c1-21-14(13(17)20)5-7-18(8-6-14)12(19)9-3-2-4-10(15)11(9)16/h2-4H,5-8H2,1H3,(H2,17,20).